The summed E-state index contributed by atoms with van der Waals surface area (Å²) in [6.45, 7) is 0.753. The Morgan fingerprint density at radius 1 is 1.48 bits per heavy atom. The molecule has 0 spiro atoms. The number of fused-ring (bicyclic) bond motifs is 1. The Labute approximate surface area is 147 Å². The van der Waals surface area contributed by atoms with Crippen molar-refractivity contribution < 1.29 is 9.29 Å². The Bertz CT molecular complexity index is 677. The summed E-state index contributed by atoms with van der Waals surface area (Å²) < 4.78 is 19.8. The van der Waals surface area contributed by atoms with Crippen molar-refractivity contribution in [3.63, 3.8) is 0 Å². The van der Waals surface area contributed by atoms with E-state index < -0.39 is 11.2 Å². The summed E-state index contributed by atoms with van der Waals surface area (Å²) in [5.41, 5.74) is 0.680. The standard InChI is InChI=1S/C15H21BrN4O2S/c1-22-9-10-5-3-4-6-12(10)18-13-7-14(23(2)21)20-15(19-13)11(16)8-17-20/h7-8,10,12H,3-6,9H2,1-2H3,(H,18,19)/t10-,12-,23?/m0/s1. The fraction of sp³-hybridized carbons (Fsp3) is 0.600. The third-order valence-electron chi connectivity index (χ3n) is 4.31. The Morgan fingerprint density at radius 2 is 2.26 bits per heavy atom. The molecule has 2 aromatic heterocycles. The van der Waals surface area contributed by atoms with Crippen molar-refractivity contribution in [1.29, 1.82) is 0 Å². The molecule has 0 aliphatic heterocycles. The van der Waals surface area contributed by atoms with Gasteiger partial charge in [0.05, 0.1) is 23.3 Å². The molecular weight excluding hydrogens is 380 g/mol. The second kappa shape index (κ2) is 7.38. The molecule has 1 aliphatic rings. The average Bonchev–Trinajstić information content (AvgIpc) is 2.90. The summed E-state index contributed by atoms with van der Waals surface area (Å²) in [4.78, 5) is 4.63. The van der Waals surface area contributed by atoms with Crippen LogP contribution in [0.15, 0.2) is 21.8 Å². The van der Waals surface area contributed by atoms with Crippen LogP contribution in [0.4, 0.5) is 5.82 Å². The van der Waals surface area contributed by atoms with E-state index >= 15 is 0 Å². The highest BCUT2D eigenvalue weighted by Crippen LogP contribution is 2.29. The molecule has 0 aromatic carbocycles. The van der Waals surface area contributed by atoms with Gasteiger partial charge < -0.3 is 14.6 Å². The number of ether oxygens (including phenoxy) is 1. The summed E-state index contributed by atoms with van der Waals surface area (Å²) in [7, 11) is 1.75. The summed E-state index contributed by atoms with van der Waals surface area (Å²) >= 11 is 2.31. The van der Waals surface area contributed by atoms with Crippen molar-refractivity contribution in [3.05, 3.63) is 16.7 Å². The van der Waals surface area contributed by atoms with E-state index in [1.165, 1.54) is 12.8 Å². The van der Waals surface area contributed by atoms with Crippen LogP contribution < -0.4 is 5.32 Å². The number of methoxy groups -OCH3 is 1. The van der Waals surface area contributed by atoms with Crippen LogP contribution in [0.3, 0.4) is 0 Å². The molecule has 2 aromatic rings. The lowest BCUT2D eigenvalue weighted by atomic mass is 9.85. The van der Waals surface area contributed by atoms with E-state index in [2.05, 4.69) is 31.3 Å². The molecule has 6 nitrogen and oxygen atoms in total. The number of hydrogen-bond donors (Lipinski definition) is 1. The van der Waals surface area contributed by atoms with Gasteiger partial charge in [-0.3, -0.25) is 0 Å². The van der Waals surface area contributed by atoms with Gasteiger partial charge in [0.2, 0.25) is 0 Å². The van der Waals surface area contributed by atoms with Gasteiger partial charge in [-0.2, -0.15) is 9.61 Å². The van der Waals surface area contributed by atoms with E-state index in [-0.39, 0.29) is 0 Å². The molecule has 3 atom stereocenters. The minimum Gasteiger partial charge on any atom is -0.610 e. The van der Waals surface area contributed by atoms with Crippen LogP contribution in [-0.4, -0.2) is 45.2 Å². The van der Waals surface area contributed by atoms with E-state index in [9.17, 15) is 4.55 Å². The maximum Gasteiger partial charge on any atom is 0.251 e. The number of nitrogens with one attached hydrogen (secondary N) is 1. The maximum atomic E-state index is 12.0. The van der Waals surface area contributed by atoms with Gasteiger partial charge in [-0.15, -0.1) is 0 Å². The van der Waals surface area contributed by atoms with E-state index in [1.54, 1.807) is 24.1 Å². The first kappa shape index (κ1) is 17.0. The predicted octanol–water partition coefficient (Wildman–Crippen LogP) is 2.85. The highest BCUT2D eigenvalue weighted by molar-refractivity contribution is 9.10. The van der Waals surface area contributed by atoms with Crippen LogP contribution in [0.1, 0.15) is 25.7 Å². The van der Waals surface area contributed by atoms with E-state index in [4.69, 9.17) is 4.74 Å². The molecule has 2 heterocycles. The molecule has 0 saturated heterocycles. The summed E-state index contributed by atoms with van der Waals surface area (Å²) in [6, 6.07) is 2.17. The molecule has 126 valence electrons. The predicted molar refractivity (Wildman–Crippen MR) is 94.3 cm³/mol. The van der Waals surface area contributed by atoms with Crippen molar-refractivity contribution >= 4 is 38.6 Å². The molecule has 0 radical (unpaired) electrons. The molecule has 8 heteroatoms. The third kappa shape index (κ3) is 3.65. The third-order valence-corrected chi connectivity index (χ3v) is 5.75. The number of rotatable bonds is 5. The lowest BCUT2D eigenvalue weighted by Gasteiger charge is -2.32. The highest BCUT2D eigenvalue weighted by Gasteiger charge is 2.26. The van der Waals surface area contributed by atoms with Crippen molar-refractivity contribution in [2.24, 2.45) is 5.92 Å². The number of hydrogen-bond acceptors (Lipinski definition) is 5. The lowest BCUT2D eigenvalue weighted by molar-refractivity contribution is 0.124. The normalized spacial score (nSPS) is 23.1. The lowest BCUT2D eigenvalue weighted by Crippen LogP contribution is -2.35. The Balaban J connectivity index is 1.91. The van der Waals surface area contributed by atoms with Gasteiger partial charge in [-0.25, -0.2) is 4.98 Å². The molecule has 3 rings (SSSR count). The smallest absolute Gasteiger partial charge is 0.251 e. The highest BCUT2D eigenvalue weighted by atomic mass is 79.9. The van der Waals surface area contributed by atoms with Crippen molar-refractivity contribution in [1.82, 2.24) is 14.6 Å². The van der Waals surface area contributed by atoms with Gasteiger partial charge in [0.25, 0.3) is 5.03 Å². The zero-order valence-electron chi connectivity index (χ0n) is 13.3. The van der Waals surface area contributed by atoms with Crippen LogP contribution >= 0.6 is 15.9 Å². The van der Waals surface area contributed by atoms with Crippen LogP contribution in [0.5, 0.6) is 0 Å². The van der Waals surface area contributed by atoms with E-state index in [1.807, 2.05) is 6.07 Å². The van der Waals surface area contributed by atoms with Gasteiger partial charge in [-0.05, 0) is 28.8 Å². The van der Waals surface area contributed by atoms with Gasteiger partial charge in [-0.1, -0.05) is 12.8 Å². The van der Waals surface area contributed by atoms with Crippen molar-refractivity contribution in [3.8, 4) is 0 Å². The molecular formula is C15H21BrN4O2S. The zero-order chi connectivity index (χ0) is 16.4. The molecule has 1 N–H and O–H groups in total. The first-order chi connectivity index (χ1) is 11.1. The first-order valence-electron chi connectivity index (χ1n) is 7.73. The SMILES string of the molecule is COC[C@@H]1CCCC[C@@H]1Nc1cc([S+](C)[O-])n2ncc(Br)c2n1. The van der Waals surface area contributed by atoms with Gasteiger partial charge in [0.1, 0.15) is 12.1 Å². The fourth-order valence-electron chi connectivity index (χ4n) is 3.19. The zero-order valence-corrected chi connectivity index (χ0v) is 15.7. The maximum absolute atomic E-state index is 12.0. The molecule has 1 saturated carbocycles. The van der Waals surface area contributed by atoms with Gasteiger partial charge in [0, 0.05) is 30.2 Å². The molecule has 1 unspecified atom stereocenters. The second-order valence-corrected chi connectivity index (χ2v) is 8.09. The van der Waals surface area contributed by atoms with Crippen molar-refractivity contribution in [2.45, 2.75) is 36.8 Å². The fourth-order valence-corrected chi connectivity index (χ4v) is 4.19. The van der Waals surface area contributed by atoms with Crippen LogP contribution in [0.25, 0.3) is 5.65 Å². The topological polar surface area (TPSA) is 74.5 Å². The monoisotopic (exact) mass is 400 g/mol. The second-order valence-electron chi connectivity index (χ2n) is 5.91. The minimum absolute atomic E-state index is 0.332. The van der Waals surface area contributed by atoms with E-state index in [0.717, 1.165) is 29.7 Å². The minimum atomic E-state index is -1.14. The number of aromatic nitrogens is 3. The number of nitrogens with zero attached hydrogens (tertiary/aromatic N) is 3. The Morgan fingerprint density at radius 3 is 3.00 bits per heavy atom. The summed E-state index contributed by atoms with van der Waals surface area (Å²) in [6.07, 6.45) is 8.06. The number of halogens is 1. The van der Waals surface area contributed by atoms with Gasteiger partial charge in [0.15, 0.2) is 5.65 Å². The largest absolute Gasteiger partial charge is 0.610 e. The Kier molecular flexibility index (Phi) is 5.45. The summed E-state index contributed by atoms with van der Waals surface area (Å²) in [5.74, 6) is 1.23. The van der Waals surface area contributed by atoms with Crippen LogP contribution in [0, 0.1) is 5.92 Å². The van der Waals surface area contributed by atoms with Crippen molar-refractivity contribution in [2.75, 3.05) is 25.3 Å². The summed E-state index contributed by atoms with van der Waals surface area (Å²) in [5, 5.41) is 8.41. The van der Waals surface area contributed by atoms with Crippen LogP contribution in [-0.2, 0) is 15.9 Å². The molecule has 0 bridgehead atoms. The van der Waals surface area contributed by atoms with Gasteiger partial charge >= 0.3 is 0 Å². The quantitative estimate of drug-likeness (QED) is 0.616. The van der Waals surface area contributed by atoms with Crippen LogP contribution in [0.2, 0.25) is 0 Å². The molecule has 1 aliphatic carbocycles. The molecule has 1 fully saturated rings. The molecule has 23 heavy (non-hydrogen) atoms. The molecule has 0 amide bonds. The number of anilines is 1. The van der Waals surface area contributed by atoms with E-state index in [0.29, 0.717) is 22.6 Å². The Hall–Kier alpha value is -0.830. The first-order valence-corrected chi connectivity index (χ1v) is 10.1. The average molecular weight is 401 g/mol.